The number of halogens is 3. The molecule has 0 saturated carbocycles. The molecule has 0 amide bonds. The number of aromatic nitrogens is 19. The van der Waals surface area contributed by atoms with Crippen molar-refractivity contribution in [3.8, 4) is 127 Å². The highest BCUT2D eigenvalue weighted by Crippen LogP contribution is 2.42. The van der Waals surface area contributed by atoms with Crippen LogP contribution < -0.4 is 57.5 Å². The summed E-state index contributed by atoms with van der Waals surface area (Å²) >= 11 is 0. The number of aliphatic hydroxyl groups excluding tert-OH is 2. The van der Waals surface area contributed by atoms with Gasteiger partial charge in [-0.05, 0) is 129 Å². The smallest absolute Gasteiger partial charge is 0.416 e. The van der Waals surface area contributed by atoms with Gasteiger partial charge in [-0.25, -0.2) is 34.9 Å². The number of alkyl halides is 3. The minimum Gasteiger partial charge on any atom is -0.497 e. The second-order valence-electron chi connectivity index (χ2n) is 34.4. The number of pyridine rings is 1. The molecule has 1 atom stereocenters. The summed E-state index contributed by atoms with van der Waals surface area (Å²) in [6.45, 7) is 7.32. The zero-order valence-corrected chi connectivity index (χ0v) is 84.3. The number of methoxy groups -OCH3 is 8. The highest BCUT2D eigenvalue weighted by atomic mass is 19.4. The Bertz CT molecular complexity index is 7640. The van der Waals surface area contributed by atoms with E-state index >= 15 is 0 Å². The molecule has 149 heavy (non-hydrogen) atoms. The maximum Gasteiger partial charge on any atom is 0.416 e. The Hall–Kier alpha value is -17.9. The van der Waals surface area contributed by atoms with E-state index in [-0.39, 0.29) is 12.6 Å². The van der Waals surface area contributed by atoms with Crippen LogP contribution >= 0.6 is 0 Å². The van der Waals surface area contributed by atoms with Crippen LogP contribution in [0.2, 0.25) is 0 Å². The fourth-order valence-electron chi connectivity index (χ4n) is 15.9. The van der Waals surface area contributed by atoms with Gasteiger partial charge in [-0.3, -0.25) is 38.7 Å². The summed E-state index contributed by atoms with van der Waals surface area (Å²) in [4.78, 5) is 58.1. The Morgan fingerprint density at radius 3 is 1.09 bits per heavy atom. The topological polar surface area (TPSA) is 370 Å². The van der Waals surface area contributed by atoms with Crippen molar-refractivity contribution in [3.63, 3.8) is 0 Å². The first-order valence-electron chi connectivity index (χ1n) is 47.2. The molecule has 3 N–H and O–H groups in total. The average molecular weight is 2010 g/mol. The van der Waals surface area contributed by atoms with Crippen molar-refractivity contribution in [2.75, 3.05) is 116 Å². The largest absolute Gasteiger partial charge is 0.497 e. The average Bonchev–Trinajstić information content (AvgIpc) is 1.38. The summed E-state index contributed by atoms with van der Waals surface area (Å²) in [5.74, 6) is 24.2. The predicted molar refractivity (Wildman–Crippen MR) is 563 cm³/mol. The van der Waals surface area contributed by atoms with E-state index in [0.29, 0.717) is 131 Å². The van der Waals surface area contributed by atoms with E-state index in [2.05, 4.69) is 108 Å². The lowest BCUT2D eigenvalue weighted by molar-refractivity contribution is -0.199. The predicted octanol–water partition coefficient (Wildman–Crippen LogP) is 17.6. The molecule has 18 aromatic rings. The van der Waals surface area contributed by atoms with Crippen molar-refractivity contribution in [2.24, 2.45) is 21.1 Å². The van der Waals surface area contributed by atoms with Crippen molar-refractivity contribution in [1.29, 1.82) is 0 Å². The Kier molecular flexibility index (Phi) is 33.3. The molecule has 1 saturated heterocycles. The Labute approximate surface area is 857 Å². The van der Waals surface area contributed by atoms with Crippen molar-refractivity contribution in [1.82, 2.24) is 93.9 Å². The van der Waals surface area contributed by atoms with Crippen LogP contribution in [0, 0.1) is 35.5 Å². The summed E-state index contributed by atoms with van der Waals surface area (Å²) in [5, 5.41) is 47.2. The number of aliphatic hydroxyl groups is 3. The number of benzene rings is 8. The van der Waals surface area contributed by atoms with Crippen LogP contribution in [0.3, 0.4) is 0 Å². The molecule has 0 radical (unpaired) electrons. The van der Waals surface area contributed by atoms with E-state index < -0.39 is 24.4 Å². The van der Waals surface area contributed by atoms with E-state index in [9.17, 15) is 28.5 Å². The first kappa shape index (κ1) is 104. The molecular weight excluding hydrogens is 1900 g/mol. The molecule has 8 aromatic carbocycles. The summed E-state index contributed by atoms with van der Waals surface area (Å²) in [5.41, 5.74) is 19.1. The van der Waals surface area contributed by atoms with Crippen LogP contribution in [0.4, 0.5) is 58.7 Å². The molecule has 0 aliphatic carbocycles. The highest BCUT2D eigenvalue weighted by Gasteiger charge is 2.40. The quantitative estimate of drug-likeness (QED) is 0.0383. The van der Waals surface area contributed by atoms with E-state index in [1.165, 1.54) is 19.1 Å². The van der Waals surface area contributed by atoms with E-state index in [4.69, 9.17) is 57.6 Å². The number of nitrogens with zero attached hydrogens (tertiary/aromatic N) is 23. The molecular formula is C111H108F3N23O12. The second kappa shape index (κ2) is 47.7. The van der Waals surface area contributed by atoms with Crippen LogP contribution in [0.1, 0.15) is 62.4 Å². The van der Waals surface area contributed by atoms with Crippen molar-refractivity contribution in [2.45, 2.75) is 70.6 Å². The highest BCUT2D eigenvalue weighted by molar-refractivity contribution is 5.88. The normalized spacial score (nSPS) is 12.1. The van der Waals surface area contributed by atoms with Gasteiger partial charge >= 0.3 is 6.18 Å². The number of ether oxygens (including phenoxy) is 9. The summed E-state index contributed by atoms with van der Waals surface area (Å²) in [6, 6.07) is 50.1. The molecule has 38 heteroatoms. The number of aryl methyl sites for hydroxylation is 4. The molecule has 0 unspecified atom stereocenters. The number of hydrogen-bond acceptors (Lipinski definition) is 31. The number of hydrogen-bond donors (Lipinski definition) is 3. The Morgan fingerprint density at radius 2 is 0.745 bits per heavy atom. The first-order chi connectivity index (χ1) is 72.2. The van der Waals surface area contributed by atoms with E-state index in [1.54, 1.807) is 172 Å². The Balaban J connectivity index is 0.000000142. The Morgan fingerprint density at radius 1 is 0.396 bits per heavy atom. The van der Waals surface area contributed by atoms with Gasteiger partial charge in [0, 0.05) is 223 Å². The lowest BCUT2D eigenvalue weighted by Crippen LogP contribution is -2.39. The first-order valence-corrected chi connectivity index (χ1v) is 47.2. The molecule has 1 fully saturated rings. The third kappa shape index (κ3) is 26.3. The monoisotopic (exact) mass is 2010 g/mol. The maximum atomic E-state index is 13.3. The van der Waals surface area contributed by atoms with Gasteiger partial charge in [0.15, 0.2) is 6.10 Å². The molecule has 35 nitrogen and oxygen atoms in total. The molecule has 11 heterocycles. The summed E-state index contributed by atoms with van der Waals surface area (Å²) < 4.78 is 96.1. The minimum atomic E-state index is -4.80. The molecule has 760 valence electrons. The third-order valence-electron chi connectivity index (χ3n) is 24.0. The van der Waals surface area contributed by atoms with Crippen molar-refractivity contribution < 1.29 is 71.1 Å². The zero-order valence-electron chi connectivity index (χ0n) is 84.3. The molecule has 0 spiro atoms. The molecule has 1 aliphatic heterocycles. The molecule has 19 rings (SSSR count). The van der Waals surface area contributed by atoms with E-state index in [0.717, 1.165) is 124 Å². The van der Waals surface area contributed by atoms with Gasteiger partial charge in [-0.1, -0.05) is 30.6 Å². The van der Waals surface area contributed by atoms with Gasteiger partial charge in [0.1, 0.15) is 57.3 Å². The molecule has 10 aromatic heterocycles. The third-order valence-corrected chi connectivity index (χ3v) is 24.0. The van der Waals surface area contributed by atoms with Gasteiger partial charge < -0.3 is 77.6 Å². The fourth-order valence-corrected chi connectivity index (χ4v) is 15.9. The summed E-state index contributed by atoms with van der Waals surface area (Å²) in [6.07, 6.45) is 19.3. The molecule has 0 bridgehead atoms. The zero-order chi connectivity index (χ0) is 105. The minimum absolute atomic E-state index is 0.0634. The standard InChI is InChI=1S/C29H27N7O2.C29H26N6O3.C28H29N5O4.C25H26F3N5O3/c1-5-21-10-11-30-29(33-21)7-6-12-36(23-13-24(37-3)16-25(14-23)38-4)22-8-9-26-27(15-22)34-28(18-31-26)20-17-32-35(2)19-20;1-34-18-21(16-32-34)29-17-31-27-7-6-23(14-28(27)33-29)35(24-12-25(37-2)15-26(13-24)38-3)10-4-5-22-11-20(19-36)8-9-30-22;1-32-19-20(17-30-32)27-18-29-25-6-5-21(15-26(25)31-27)33(10-4-7-28(34)8-11-37-12-9-28)22-13-23(35-2)16-24(14-22)36-3;1-15(2)33-13-16(11-30-33)23-12-29-21-6-5-17(9-22(21)31-23)32(14-24(34)25(26,27)28)18-7-19(35-3)10-20(8-18)36-4/h8-11,13-19H,5,12H2,1-4H3;6-9,11-18,36H,10,19H2,1-3H3;5-6,13-19,34H,8-12H2,1-3H3;5-13,15,24,34H,14H2,1-4H3/t;;;24-/m...0/s1. The number of fused-ring (bicyclic) bond motifs is 4. The van der Waals surface area contributed by atoms with Gasteiger partial charge in [0.05, 0.1) is 219 Å². The van der Waals surface area contributed by atoms with Crippen LogP contribution in [0.15, 0.2) is 251 Å². The van der Waals surface area contributed by atoms with E-state index in [1.807, 2.05) is 185 Å². The second-order valence-corrected chi connectivity index (χ2v) is 34.4. The van der Waals surface area contributed by atoms with Crippen LogP contribution in [0.5, 0.6) is 46.0 Å². The van der Waals surface area contributed by atoms with Gasteiger partial charge in [-0.15, -0.1) is 0 Å². The number of anilines is 8. The fraction of sp³-hybridized carbons (Fsp3) is 0.252. The van der Waals surface area contributed by atoms with Crippen LogP contribution in [-0.4, -0.2) is 223 Å². The van der Waals surface area contributed by atoms with Gasteiger partial charge in [0.25, 0.3) is 0 Å². The van der Waals surface area contributed by atoms with Crippen molar-refractivity contribution in [3.05, 3.63) is 273 Å². The lowest BCUT2D eigenvalue weighted by atomic mass is 9.95. The van der Waals surface area contributed by atoms with Crippen molar-refractivity contribution >= 4 is 89.6 Å². The number of rotatable bonds is 28. The summed E-state index contributed by atoms with van der Waals surface area (Å²) in [7, 11) is 18.2. The van der Waals surface area contributed by atoms with Crippen LogP contribution in [-0.2, 0) is 38.9 Å². The molecule has 1 aliphatic rings. The lowest BCUT2D eigenvalue weighted by Gasteiger charge is -2.29. The van der Waals surface area contributed by atoms with Gasteiger partial charge in [0.2, 0.25) is 5.82 Å². The SMILES string of the molecule is CCc1ccnc(C#CCN(c2cc(OC)cc(OC)c2)c2ccc3ncc(-c4cnn(C)c4)nc3c2)n1.COc1cc(OC)cc(N(CC#CC2(O)CCOCC2)c2ccc3ncc(-c4cnn(C)c4)nc3c2)c1.COc1cc(OC)cc(N(CC#Cc2cc(CO)ccn2)c2ccc3ncc(-c4cnn(C)c4)nc3c2)c1.COc1cc(OC)cc(N(C[C@H](O)C(F)(F)F)c2ccc3ncc(-c4cnn(C(C)C)c4)nc3c2)c1. The maximum absolute atomic E-state index is 13.3. The van der Waals surface area contributed by atoms with Gasteiger partial charge in [-0.2, -0.15) is 33.6 Å². The van der Waals surface area contributed by atoms with Crippen LogP contribution in [0.25, 0.3) is 89.2 Å².